The van der Waals surface area contributed by atoms with Crippen LogP contribution >= 0.6 is 23.1 Å². The van der Waals surface area contributed by atoms with Crippen molar-refractivity contribution in [3.63, 3.8) is 0 Å². The summed E-state index contributed by atoms with van der Waals surface area (Å²) in [7, 11) is 0. The topological polar surface area (TPSA) is 78.4 Å². The molecule has 0 spiro atoms. The molecule has 0 saturated carbocycles. The molecule has 2 amide bonds. The number of rotatable bonds is 7. The van der Waals surface area contributed by atoms with Crippen LogP contribution in [0.5, 0.6) is 0 Å². The highest BCUT2D eigenvalue weighted by Gasteiger charge is 2.20. The number of nitrogens with one attached hydrogen (secondary N) is 1. The summed E-state index contributed by atoms with van der Waals surface area (Å²) in [6, 6.07) is 13.9. The summed E-state index contributed by atoms with van der Waals surface area (Å²) >= 11 is 3.04. The molecule has 0 atom stereocenters. The second-order valence-electron chi connectivity index (χ2n) is 7.88. The minimum absolute atomic E-state index is 0.0695. The Labute approximate surface area is 202 Å². The van der Waals surface area contributed by atoms with Gasteiger partial charge >= 0.3 is 0 Å². The highest BCUT2D eigenvalue weighted by atomic mass is 32.2. The van der Waals surface area contributed by atoms with Crippen molar-refractivity contribution in [2.24, 2.45) is 0 Å². The lowest BCUT2D eigenvalue weighted by molar-refractivity contribution is -0.128. The van der Waals surface area contributed by atoms with Gasteiger partial charge in [0.2, 0.25) is 11.8 Å². The summed E-state index contributed by atoms with van der Waals surface area (Å²) in [5.41, 5.74) is 2.90. The second-order valence-corrected chi connectivity index (χ2v) is 9.77. The zero-order chi connectivity index (χ0) is 23.0. The molecule has 0 bridgehead atoms. The van der Waals surface area contributed by atoms with Crippen molar-refractivity contribution in [1.82, 2.24) is 19.8 Å². The lowest BCUT2D eigenvalue weighted by atomic mass is 10.2. The molecule has 4 rings (SSSR count). The van der Waals surface area contributed by atoms with E-state index in [-0.39, 0.29) is 11.8 Å². The number of hydrogen-bond acceptors (Lipinski definition) is 7. The number of hydrogen-bond donors (Lipinski definition) is 1. The molecule has 33 heavy (non-hydrogen) atoms. The van der Waals surface area contributed by atoms with Crippen molar-refractivity contribution in [3.8, 4) is 10.6 Å². The van der Waals surface area contributed by atoms with Gasteiger partial charge in [0, 0.05) is 51.5 Å². The van der Waals surface area contributed by atoms with E-state index < -0.39 is 0 Å². The third kappa shape index (κ3) is 6.86. The van der Waals surface area contributed by atoms with Gasteiger partial charge in [-0.05, 0) is 41.6 Å². The summed E-state index contributed by atoms with van der Waals surface area (Å²) in [5.74, 6) is 0.407. The van der Waals surface area contributed by atoms with Crippen LogP contribution in [-0.4, -0.2) is 63.5 Å². The molecule has 172 valence electrons. The first-order chi connectivity index (χ1) is 16.1. The molecule has 1 saturated heterocycles. The monoisotopic (exact) mass is 481 g/mol. The Kier molecular flexibility index (Phi) is 8.09. The summed E-state index contributed by atoms with van der Waals surface area (Å²) in [5, 5.41) is 5.45. The molecule has 0 aliphatic carbocycles. The van der Waals surface area contributed by atoms with Gasteiger partial charge in [-0.25, -0.2) is 9.97 Å². The molecule has 1 aliphatic rings. The predicted octanol–water partition coefficient (Wildman–Crippen LogP) is 3.99. The van der Waals surface area contributed by atoms with Gasteiger partial charge in [-0.1, -0.05) is 30.0 Å². The quantitative estimate of drug-likeness (QED) is 0.406. The summed E-state index contributed by atoms with van der Waals surface area (Å²) < 4.78 is 0. The third-order valence-corrected chi connectivity index (χ3v) is 7.09. The average molecular weight is 482 g/mol. The maximum absolute atomic E-state index is 12.8. The Morgan fingerprint density at radius 3 is 2.70 bits per heavy atom. The van der Waals surface area contributed by atoms with E-state index in [1.165, 1.54) is 24.2 Å². The molecule has 0 radical (unpaired) electrons. The van der Waals surface area contributed by atoms with Crippen LogP contribution in [0.2, 0.25) is 0 Å². The van der Waals surface area contributed by atoms with E-state index in [1.807, 2.05) is 52.7 Å². The number of benzene rings is 1. The van der Waals surface area contributed by atoms with E-state index in [2.05, 4.69) is 20.2 Å². The van der Waals surface area contributed by atoms with Crippen LogP contribution in [0.25, 0.3) is 10.6 Å². The first-order valence-electron chi connectivity index (χ1n) is 10.9. The van der Waals surface area contributed by atoms with Gasteiger partial charge in [0.25, 0.3) is 0 Å². The van der Waals surface area contributed by atoms with Crippen LogP contribution in [0, 0.1) is 0 Å². The first-order valence-corrected chi connectivity index (χ1v) is 12.8. The lowest BCUT2D eigenvalue weighted by Gasteiger charge is -2.22. The fourth-order valence-corrected chi connectivity index (χ4v) is 5.15. The van der Waals surface area contributed by atoms with Gasteiger partial charge in [-0.2, -0.15) is 0 Å². The predicted molar refractivity (Wildman–Crippen MR) is 133 cm³/mol. The molecule has 0 unspecified atom stereocenters. The van der Waals surface area contributed by atoms with E-state index in [0.29, 0.717) is 10.9 Å². The number of thiophene rings is 1. The molecule has 1 N–H and O–H groups in total. The van der Waals surface area contributed by atoms with Gasteiger partial charge in [0.1, 0.15) is 0 Å². The van der Waals surface area contributed by atoms with Crippen molar-refractivity contribution in [3.05, 3.63) is 59.6 Å². The van der Waals surface area contributed by atoms with E-state index in [0.717, 1.165) is 55.4 Å². The summed E-state index contributed by atoms with van der Waals surface area (Å²) in [6.07, 6.45) is 2.70. The van der Waals surface area contributed by atoms with Crippen LogP contribution in [0.4, 0.5) is 5.69 Å². The Morgan fingerprint density at radius 1 is 1.09 bits per heavy atom. The van der Waals surface area contributed by atoms with Crippen molar-refractivity contribution in [2.45, 2.75) is 25.0 Å². The third-order valence-electron chi connectivity index (χ3n) is 5.35. The summed E-state index contributed by atoms with van der Waals surface area (Å²) in [4.78, 5) is 38.3. The Morgan fingerprint density at radius 2 is 1.94 bits per heavy atom. The van der Waals surface area contributed by atoms with Gasteiger partial charge < -0.3 is 10.2 Å². The fraction of sp³-hybridized carbons (Fsp3) is 0.333. The molecular weight excluding hydrogens is 454 g/mol. The molecule has 3 aromatic rings. The van der Waals surface area contributed by atoms with Gasteiger partial charge in [0.05, 0.1) is 16.3 Å². The number of nitrogens with zero attached hydrogens (tertiary/aromatic N) is 4. The van der Waals surface area contributed by atoms with Crippen LogP contribution in [-0.2, 0) is 16.1 Å². The smallest absolute Gasteiger partial charge is 0.233 e. The molecular formula is C24H27N5O2S2. The molecule has 2 aromatic heterocycles. The normalized spacial score (nSPS) is 14.6. The number of aromatic nitrogens is 2. The maximum Gasteiger partial charge on any atom is 0.233 e. The highest BCUT2D eigenvalue weighted by Crippen LogP contribution is 2.24. The number of carbonyl (C=O) groups is 2. The number of carbonyl (C=O) groups excluding carboxylic acids is 2. The Bertz CT molecular complexity index is 1070. The Hall–Kier alpha value is -2.75. The lowest BCUT2D eigenvalue weighted by Crippen LogP contribution is -2.36. The minimum Gasteiger partial charge on any atom is -0.341 e. The van der Waals surface area contributed by atoms with Crippen LogP contribution < -0.4 is 5.32 Å². The van der Waals surface area contributed by atoms with E-state index in [1.54, 1.807) is 17.5 Å². The van der Waals surface area contributed by atoms with E-state index in [9.17, 15) is 9.59 Å². The Balaban J connectivity index is 1.26. The van der Waals surface area contributed by atoms with Crippen molar-refractivity contribution in [1.29, 1.82) is 0 Å². The van der Waals surface area contributed by atoms with Crippen molar-refractivity contribution < 1.29 is 9.59 Å². The van der Waals surface area contributed by atoms with Gasteiger partial charge in [0.15, 0.2) is 5.16 Å². The van der Waals surface area contributed by atoms with Crippen LogP contribution in [0.15, 0.2) is 59.2 Å². The number of thioether (sulfide) groups is 1. The molecule has 3 heterocycles. The molecule has 1 aliphatic heterocycles. The maximum atomic E-state index is 12.8. The minimum atomic E-state index is -0.0695. The number of anilines is 1. The zero-order valence-corrected chi connectivity index (χ0v) is 20.2. The largest absolute Gasteiger partial charge is 0.341 e. The zero-order valence-electron chi connectivity index (χ0n) is 18.6. The highest BCUT2D eigenvalue weighted by molar-refractivity contribution is 7.99. The van der Waals surface area contributed by atoms with Gasteiger partial charge in [-0.15, -0.1) is 11.3 Å². The molecule has 9 heteroatoms. The molecule has 1 fully saturated rings. The van der Waals surface area contributed by atoms with Crippen molar-refractivity contribution >= 4 is 40.6 Å². The van der Waals surface area contributed by atoms with Crippen LogP contribution in [0.1, 0.15) is 18.9 Å². The molecule has 7 nitrogen and oxygen atoms in total. The van der Waals surface area contributed by atoms with Gasteiger partial charge in [-0.3, -0.25) is 14.5 Å². The number of amides is 2. The summed E-state index contributed by atoms with van der Waals surface area (Å²) in [6.45, 7) is 5.63. The molecule has 1 aromatic carbocycles. The van der Waals surface area contributed by atoms with Crippen molar-refractivity contribution in [2.75, 3.05) is 37.2 Å². The standard InChI is InChI=1S/C24H27N5O2S2/c1-18(30)26-20-7-5-19(6-8-20)16-28-11-3-12-29(14-13-28)23(31)17-33-24-25-10-9-21(27-24)22-4-2-15-32-22/h2,4-10,15H,3,11-14,16-17H2,1H3,(H,26,30). The van der Waals surface area contributed by atoms with E-state index in [4.69, 9.17) is 0 Å². The fourth-order valence-electron chi connectivity index (χ4n) is 3.72. The van der Waals surface area contributed by atoms with E-state index >= 15 is 0 Å². The SMILES string of the molecule is CC(=O)Nc1ccc(CN2CCCN(C(=O)CSc3nccc(-c4cccs4)n3)CC2)cc1. The average Bonchev–Trinajstić information content (AvgIpc) is 3.26. The van der Waals surface area contributed by atoms with Crippen LogP contribution in [0.3, 0.4) is 0 Å². The second kappa shape index (κ2) is 11.4. The first kappa shape index (κ1) is 23.4.